The minimum atomic E-state index is 0.446. The van der Waals surface area contributed by atoms with E-state index in [1.54, 1.807) is 23.1 Å². The lowest BCUT2D eigenvalue weighted by atomic mass is 10.1. The quantitative estimate of drug-likeness (QED) is 0.941. The molecule has 5 heteroatoms. The monoisotopic (exact) mass is 289 g/mol. The number of nitrogens with one attached hydrogen (secondary N) is 1. The Morgan fingerprint density at radius 2 is 2.16 bits per heavy atom. The van der Waals surface area contributed by atoms with Crippen LogP contribution in [0.2, 0.25) is 0 Å². The van der Waals surface area contributed by atoms with E-state index in [2.05, 4.69) is 44.9 Å². The molecule has 3 rings (SSSR count). The predicted molar refractivity (Wildman–Crippen MR) is 82.8 cm³/mol. The van der Waals surface area contributed by atoms with Gasteiger partial charge < -0.3 is 5.32 Å². The Kier molecular flexibility index (Phi) is 3.84. The van der Waals surface area contributed by atoms with Gasteiger partial charge in [-0.1, -0.05) is 42.1 Å². The Balaban J connectivity index is 1.54. The highest BCUT2D eigenvalue weighted by molar-refractivity contribution is 8.14. The molecule has 0 saturated carbocycles. The van der Waals surface area contributed by atoms with Crippen LogP contribution in [0.15, 0.2) is 40.7 Å². The number of hydrogen-bond acceptors (Lipinski definition) is 5. The molecule has 0 fully saturated rings. The molecule has 0 amide bonds. The molecule has 1 unspecified atom stereocenters. The third-order valence-electron chi connectivity index (χ3n) is 2.88. The first-order chi connectivity index (χ1) is 9.31. The summed E-state index contributed by atoms with van der Waals surface area (Å²) in [6.07, 6.45) is 0. The first-order valence-electron chi connectivity index (χ1n) is 6.22. The second kappa shape index (κ2) is 5.75. The number of hydrogen-bond donors (Lipinski definition) is 1. The largest absolute Gasteiger partial charge is 0.358 e. The van der Waals surface area contributed by atoms with E-state index >= 15 is 0 Å². The van der Waals surface area contributed by atoms with Crippen LogP contribution in [0.4, 0.5) is 0 Å². The third kappa shape index (κ3) is 3.16. The van der Waals surface area contributed by atoms with Crippen LogP contribution in [0.25, 0.3) is 0 Å². The van der Waals surface area contributed by atoms with Crippen LogP contribution in [-0.2, 0) is 6.54 Å². The molecule has 0 saturated heterocycles. The van der Waals surface area contributed by atoms with Crippen LogP contribution < -0.4 is 5.32 Å². The molecule has 2 aromatic rings. The molecule has 19 heavy (non-hydrogen) atoms. The Hall–Kier alpha value is -1.33. The normalized spacial score (nSPS) is 18.4. The maximum absolute atomic E-state index is 4.56. The number of aliphatic imine (C=N–C) groups is 1. The standard InChI is InChI=1S/C14H15N3S2/c1-10-9-18-13(17-10)8-16-14-15-7-12(19-14)11-5-3-2-4-6-11/h2-6,9,12H,7-8H2,1H3,(H,15,16). The first kappa shape index (κ1) is 12.7. The number of thiazole rings is 1. The molecule has 0 bridgehead atoms. The molecule has 1 atom stereocenters. The summed E-state index contributed by atoms with van der Waals surface area (Å²) in [7, 11) is 0. The topological polar surface area (TPSA) is 37.3 Å². The van der Waals surface area contributed by atoms with Gasteiger partial charge in [0.1, 0.15) is 5.01 Å². The smallest absolute Gasteiger partial charge is 0.157 e. The van der Waals surface area contributed by atoms with Crippen LogP contribution >= 0.6 is 23.1 Å². The van der Waals surface area contributed by atoms with Crippen LogP contribution in [0.1, 0.15) is 21.5 Å². The Bertz CT molecular complexity index is 577. The van der Waals surface area contributed by atoms with Crippen molar-refractivity contribution < 1.29 is 0 Å². The average molecular weight is 289 g/mol. The van der Waals surface area contributed by atoms with Gasteiger partial charge in [-0.3, -0.25) is 4.99 Å². The summed E-state index contributed by atoms with van der Waals surface area (Å²) in [6, 6.07) is 10.5. The molecular formula is C14H15N3S2. The number of nitrogens with zero attached hydrogens (tertiary/aromatic N) is 2. The van der Waals surface area contributed by atoms with Gasteiger partial charge in [-0.2, -0.15) is 0 Å². The number of thioether (sulfide) groups is 1. The SMILES string of the molecule is Cc1csc(CNC2=NCC(c3ccccc3)S2)n1. The summed E-state index contributed by atoms with van der Waals surface area (Å²) in [5.74, 6) is 0. The zero-order valence-corrected chi connectivity index (χ0v) is 12.3. The summed E-state index contributed by atoms with van der Waals surface area (Å²) in [4.78, 5) is 9.00. The van der Waals surface area contributed by atoms with E-state index in [1.165, 1.54) is 5.56 Å². The molecule has 0 radical (unpaired) electrons. The van der Waals surface area contributed by atoms with Crippen LogP contribution in [0.3, 0.4) is 0 Å². The predicted octanol–water partition coefficient (Wildman–Crippen LogP) is 3.39. The van der Waals surface area contributed by atoms with E-state index in [0.717, 1.165) is 29.0 Å². The molecule has 1 aromatic heterocycles. The van der Waals surface area contributed by atoms with Gasteiger partial charge in [-0.25, -0.2) is 4.98 Å². The van der Waals surface area contributed by atoms with Crippen molar-refractivity contribution in [1.82, 2.24) is 10.3 Å². The fraction of sp³-hybridized carbons (Fsp3) is 0.286. The number of benzene rings is 1. The van der Waals surface area contributed by atoms with Gasteiger partial charge in [0.15, 0.2) is 5.17 Å². The molecular weight excluding hydrogens is 274 g/mol. The second-order valence-electron chi connectivity index (χ2n) is 4.40. The van der Waals surface area contributed by atoms with Crippen molar-refractivity contribution in [3.63, 3.8) is 0 Å². The van der Waals surface area contributed by atoms with E-state index in [9.17, 15) is 0 Å². The second-order valence-corrected chi connectivity index (χ2v) is 6.53. The Morgan fingerprint density at radius 3 is 2.89 bits per heavy atom. The number of aromatic nitrogens is 1. The Morgan fingerprint density at radius 1 is 1.32 bits per heavy atom. The molecule has 0 aliphatic carbocycles. The highest BCUT2D eigenvalue weighted by Crippen LogP contribution is 2.34. The molecule has 1 aliphatic rings. The molecule has 98 valence electrons. The minimum Gasteiger partial charge on any atom is -0.358 e. The molecule has 1 aromatic carbocycles. The third-order valence-corrected chi connectivity index (χ3v) is 5.05. The number of rotatable bonds is 3. The maximum Gasteiger partial charge on any atom is 0.157 e. The highest BCUT2D eigenvalue weighted by atomic mass is 32.2. The van der Waals surface area contributed by atoms with Crippen molar-refractivity contribution >= 4 is 28.3 Å². The summed E-state index contributed by atoms with van der Waals surface area (Å²) in [5, 5.41) is 8.04. The van der Waals surface area contributed by atoms with Crippen molar-refractivity contribution in [1.29, 1.82) is 0 Å². The summed E-state index contributed by atoms with van der Waals surface area (Å²) in [6.45, 7) is 3.65. The summed E-state index contributed by atoms with van der Waals surface area (Å²) >= 11 is 3.50. The van der Waals surface area contributed by atoms with Crippen LogP contribution in [0.5, 0.6) is 0 Å². The van der Waals surface area contributed by atoms with Crippen molar-refractivity contribution in [3.05, 3.63) is 52.0 Å². The van der Waals surface area contributed by atoms with Gasteiger partial charge in [0.2, 0.25) is 0 Å². The zero-order valence-electron chi connectivity index (χ0n) is 10.7. The van der Waals surface area contributed by atoms with Crippen molar-refractivity contribution in [2.75, 3.05) is 6.54 Å². The van der Waals surface area contributed by atoms with E-state index < -0.39 is 0 Å². The highest BCUT2D eigenvalue weighted by Gasteiger charge is 2.20. The van der Waals surface area contributed by atoms with E-state index in [0.29, 0.717) is 5.25 Å². The van der Waals surface area contributed by atoms with Gasteiger partial charge in [0.05, 0.1) is 18.3 Å². The lowest BCUT2D eigenvalue weighted by molar-refractivity contribution is 0.896. The van der Waals surface area contributed by atoms with E-state index in [-0.39, 0.29) is 0 Å². The van der Waals surface area contributed by atoms with Crippen LogP contribution in [0, 0.1) is 6.92 Å². The summed E-state index contributed by atoms with van der Waals surface area (Å²) < 4.78 is 0. The van der Waals surface area contributed by atoms with Crippen LogP contribution in [-0.4, -0.2) is 16.7 Å². The molecule has 0 spiro atoms. The van der Waals surface area contributed by atoms with Gasteiger partial charge >= 0.3 is 0 Å². The van der Waals surface area contributed by atoms with E-state index in [1.807, 2.05) is 13.0 Å². The van der Waals surface area contributed by atoms with Gasteiger partial charge in [-0.05, 0) is 12.5 Å². The lowest BCUT2D eigenvalue weighted by Gasteiger charge is -2.08. The lowest BCUT2D eigenvalue weighted by Crippen LogP contribution is -2.18. The van der Waals surface area contributed by atoms with Gasteiger partial charge in [0, 0.05) is 11.1 Å². The Labute approximate surface area is 121 Å². The molecule has 1 aliphatic heterocycles. The average Bonchev–Trinajstić information content (AvgIpc) is 3.06. The van der Waals surface area contributed by atoms with Crippen molar-refractivity contribution in [2.45, 2.75) is 18.7 Å². The fourth-order valence-electron chi connectivity index (χ4n) is 1.95. The van der Waals surface area contributed by atoms with Crippen molar-refractivity contribution in [3.8, 4) is 0 Å². The summed E-state index contributed by atoms with van der Waals surface area (Å²) in [5.41, 5.74) is 2.43. The maximum atomic E-state index is 4.56. The van der Waals surface area contributed by atoms with Crippen molar-refractivity contribution in [2.24, 2.45) is 4.99 Å². The first-order valence-corrected chi connectivity index (χ1v) is 7.98. The van der Waals surface area contributed by atoms with Gasteiger partial charge in [-0.15, -0.1) is 11.3 Å². The fourth-order valence-corrected chi connectivity index (χ4v) is 3.68. The molecule has 2 heterocycles. The zero-order chi connectivity index (χ0) is 13.1. The van der Waals surface area contributed by atoms with Gasteiger partial charge in [0.25, 0.3) is 0 Å². The molecule has 3 nitrogen and oxygen atoms in total. The van der Waals surface area contributed by atoms with E-state index in [4.69, 9.17) is 0 Å². The minimum absolute atomic E-state index is 0.446. The number of amidine groups is 1. The molecule has 1 N–H and O–H groups in total. The number of aryl methyl sites for hydroxylation is 1.